The largest absolute Gasteiger partial charge is 0.384 e. The summed E-state index contributed by atoms with van der Waals surface area (Å²) in [7, 11) is 0. The minimum Gasteiger partial charge on any atom is -0.384 e. The van der Waals surface area contributed by atoms with Gasteiger partial charge in [-0.2, -0.15) is 0 Å². The molecule has 250 valence electrons. The Kier molecular flexibility index (Phi) is 10.1. The number of halogens is 4. The van der Waals surface area contributed by atoms with Gasteiger partial charge in [-0.3, -0.25) is 14.8 Å². The van der Waals surface area contributed by atoms with Crippen LogP contribution in [0.1, 0.15) is 55.8 Å². The van der Waals surface area contributed by atoms with E-state index in [0.717, 1.165) is 5.57 Å². The lowest BCUT2D eigenvalue weighted by Gasteiger charge is -2.35. The van der Waals surface area contributed by atoms with Gasteiger partial charge in [0.1, 0.15) is 23.3 Å². The minimum atomic E-state index is -2.57. The number of aromatic nitrogens is 1. The molecule has 0 saturated carbocycles. The predicted octanol–water partition coefficient (Wildman–Crippen LogP) is 7.58. The van der Waals surface area contributed by atoms with E-state index in [0.29, 0.717) is 72.6 Å². The zero-order chi connectivity index (χ0) is 34.0. The van der Waals surface area contributed by atoms with E-state index in [-0.39, 0.29) is 27.9 Å². The summed E-state index contributed by atoms with van der Waals surface area (Å²) in [5, 5.41) is 25.4. The molecular formula is C36H35ClF3N5O2S. The lowest BCUT2D eigenvalue weighted by Crippen LogP contribution is -2.43. The summed E-state index contributed by atoms with van der Waals surface area (Å²) in [4.78, 5) is 25.1. The van der Waals surface area contributed by atoms with Crippen LogP contribution >= 0.6 is 23.4 Å². The smallest absolute Gasteiger partial charge is 0.247 e. The van der Waals surface area contributed by atoms with Gasteiger partial charge >= 0.3 is 0 Å². The van der Waals surface area contributed by atoms with Crippen molar-refractivity contribution in [2.24, 2.45) is 4.99 Å². The number of hydrogen-bond donors (Lipinski definition) is 3. The molecule has 1 fully saturated rings. The van der Waals surface area contributed by atoms with Gasteiger partial charge < -0.3 is 20.7 Å². The molecule has 48 heavy (non-hydrogen) atoms. The summed E-state index contributed by atoms with van der Waals surface area (Å²) in [6, 6.07) is 8.23. The Labute approximate surface area is 286 Å². The minimum absolute atomic E-state index is 0.0212. The fourth-order valence-electron chi connectivity index (χ4n) is 6.62. The zero-order valence-corrected chi connectivity index (χ0v) is 27.6. The van der Waals surface area contributed by atoms with Crippen LogP contribution in [-0.4, -0.2) is 56.7 Å². The van der Waals surface area contributed by atoms with Crippen LogP contribution < -0.4 is 5.32 Å². The second-order valence-corrected chi connectivity index (χ2v) is 13.7. The highest BCUT2D eigenvalue weighted by Crippen LogP contribution is 2.45. The van der Waals surface area contributed by atoms with Crippen LogP contribution in [0.25, 0.3) is 0 Å². The number of pyridine rings is 1. The average Bonchev–Trinajstić information content (AvgIpc) is 3.61. The van der Waals surface area contributed by atoms with E-state index >= 15 is 0 Å². The molecule has 1 aromatic heterocycles. The lowest BCUT2D eigenvalue weighted by molar-refractivity contribution is -0.118. The molecule has 0 spiro atoms. The Morgan fingerprint density at radius 3 is 2.83 bits per heavy atom. The molecule has 4 aliphatic rings. The van der Waals surface area contributed by atoms with Crippen LogP contribution in [0, 0.1) is 11.2 Å². The van der Waals surface area contributed by atoms with Crippen molar-refractivity contribution >= 4 is 40.8 Å². The number of aliphatic imine (C=N–C) groups is 1. The third kappa shape index (κ3) is 7.09. The molecule has 3 N–H and O–H groups in total. The summed E-state index contributed by atoms with van der Waals surface area (Å²) in [6.45, 7) is 4.56. The Morgan fingerprint density at radius 2 is 2.12 bits per heavy atom. The fourth-order valence-corrected chi connectivity index (χ4v) is 7.87. The summed E-state index contributed by atoms with van der Waals surface area (Å²) in [6.07, 6.45) is 6.95. The monoisotopic (exact) mass is 693 g/mol. The predicted molar refractivity (Wildman–Crippen MR) is 184 cm³/mol. The molecule has 2 aromatic rings. The maximum Gasteiger partial charge on any atom is 0.247 e. The van der Waals surface area contributed by atoms with E-state index in [1.165, 1.54) is 42.1 Å². The van der Waals surface area contributed by atoms with Crippen LogP contribution in [0.15, 0.2) is 106 Å². The number of alkyl halides is 2. The van der Waals surface area contributed by atoms with E-state index in [1.54, 1.807) is 18.3 Å². The van der Waals surface area contributed by atoms with Gasteiger partial charge in [0.15, 0.2) is 0 Å². The second-order valence-electron chi connectivity index (χ2n) is 12.3. The molecule has 3 aliphatic heterocycles. The molecule has 1 amide bonds. The summed E-state index contributed by atoms with van der Waals surface area (Å²) in [5.74, 6) is -0.100. The van der Waals surface area contributed by atoms with Gasteiger partial charge in [-0.05, 0) is 67.0 Å². The number of allylic oxidation sites excluding steroid dienone is 4. The van der Waals surface area contributed by atoms with Crippen molar-refractivity contribution in [2.75, 3.05) is 6.54 Å². The molecule has 7 nitrogen and oxygen atoms in total. The molecule has 12 heteroatoms. The number of aliphatic hydroxyl groups is 1. The topological polar surface area (TPSA) is 102 Å². The fraction of sp³-hybridized carbons (Fsp3) is 0.333. The van der Waals surface area contributed by atoms with Crippen molar-refractivity contribution in [3.63, 3.8) is 0 Å². The first-order chi connectivity index (χ1) is 23.0. The number of thioether (sulfide) groups is 1. The number of fused-ring (bicyclic) bond motifs is 1. The van der Waals surface area contributed by atoms with Gasteiger partial charge in [-0.25, -0.2) is 13.2 Å². The van der Waals surface area contributed by atoms with Gasteiger partial charge in [0.25, 0.3) is 0 Å². The van der Waals surface area contributed by atoms with E-state index < -0.39 is 30.3 Å². The number of carbonyl (C=O) groups excluding carboxylic acids is 1. The number of carbonyl (C=O) groups is 1. The molecule has 6 rings (SSSR count). The summed E-state index contributed by atoms with van der Waals surface area (Å²) in [5.41, 5.74) is 2.47. The maximum atomic E-state index is 14.1. The quantitative estimate of drug-likeness (QED) is 0.235. The van der Waals surface area contributed by atoms with Gasteiger partial charge in [-0.15, -0.1) is 11.8 Å². The van der Waals surface area contributed by atoms with Crippen molar-refractivity contribution in [2.45, 2.75) is 67.9 Å². The summed E-state index contributed by atoms with van der Waals surface area (Å²) < 4.78 is 40.2. The first-order valence-electron chi connectivity index (χ1n) is 15.8. The van der Waals surface area contributed by atoms with E-state index in [2.05, 4.69) is 16.9 Å². The van der Waals surface area contributed by atoms with E-state index in [1.807, 2.05) is 28.5 Å². The van der Waals surface area contributed by atoms with Crippen molar-refractivity contribution < 1.29 is 23.1 Å². The standard InChI is InChI=1S/C36H35ClF3N5O2S/c1-21-13-17-48-33(21)34-44-32(25-11-10-23(38)18-26(25)37)31(27(41)7-4-9-30(39)40)28-19-24(20-45(28)34)43-35(46)22-6-5-14-36(47,15-12-22)29-8-2-3-16-42-29/h2-4,6-8,10-11,13,16-18,24,30,32-33,41,47H,1,5,9,12,14-15,19-20H2,(H,43,46)/b7-4-,41-27?/t24-,32-,33?,36?/m0/s1. The molecule has 1 aliphatic carbocycles. The number of amidine groups is 1. The molecule has 2 unspecified atom stereocenters. The van der Waals surface area contributed by atoms with Gasteiger partial charge in [0.05, 0.1) is 22.7 Å². The van der Waals surface area contributed by atoms with Gasteiger partial charge in [0, 0.05) is 53.0 Å². The number of benzene rings is 1. The Bertz CT molecular complexity index is 1780. The Balaban J connectivity index is 1.31. The van der Waals surface area contributed by atoms with Gasteiger partial charge in [-0.1, -0.05) is 48.5 Å². The van der Waals surface area contributed by atoms with Crippen molar-refractivity contribution in [3.05, 3.63) is 123 Å². The molecule has 0 radical (unpaired) electrons. The van der Waals surface area contributed by atoms with Crippen LogP contribution in [0.5, 0.6) is 0 Å². The van der Waals surface area contributed by atoms with E-state index in [9.17, 15) is 23.1 Å². The normalized spacial score (nSPS) is 25.8. The number of hydrogen-bond acceptors (Lipinski definition) is 7. The lowest BCUT2D eigenvalue weighted by atomic mass is 9.89. The van der Waals surface area contributed by atoms with E-state index in [4.69, 9.17) is 22.0 Å². The van der Waals surface area contributed by atoms with Crippen molar-refractivity contribution in [3.8, 4) is 0 Å². The van der Waals surface area contributed by atoms with Crippen molar-refractivity contribution in [1.29, 1.82) is 5.41 Å². The molecule has 1 aromatic carbocycles. The third-order valence-corrected chi connectivity index (χ3v) is 10.4. The summed E-state index contributed by atoms with van der Waals surface area (Å²) >= 11 is 8.09. The number of nitrogens with one attached hydrogen (secondary N) is 2. The van der Waals surface area contributed by atoms with Crippen molar-refractivity contribution in [1.82, 2.24) is 15.2 Å². The SMILES string of the molecule is C=C1C=CSC1C1=N[C@@H](c2ccc(F)cc2Cl)C(C(=N)/C=C\CC(F)F)=C2C[C@H](NC(=O)C3=CCCC(O)(c4ccccn4)CC3)CN12. The zero-order valence-electron chi connectivity index (χ0n) is 26.0. The highest BCUT2D eigenvalue weighted by Gasteiger charge is 2.43. The molecule has 4 atom stereocenters. The molecular weight excluding hydrogens is 659 g/mol. The first kappa shape index (κ1) is 34.0. The maximum absolute atomic E-state index is 14.1. The number of nitrogens with zero attached hydrogens (tertiary/aromatic N) is 3. The first-order valence-corrected chi connectivity index (χ1v) is 17.1. The van der Waals surface area contributed by atoms with Crippen LogP contribution in [-0.2, 0) is 10.4 Å². The van der Waals surface area contributed by atoms with Crippen LogP contribution in [0.4, 0.5) is 13.2 Å². The highest BCUT2D eigenvalue weighted by molar-refractivity contribution is 8.03. The number of amides is 1. The van der Waals surface area contributed by atoms with Gasteiger partial charge in [0.2, 0.25) is 12.3 Å². The Hall–Kier alpha value is -3.93. The third-order valence-electron chi connectivity index (χ3n) is 9.03. The Morgan fingerprint density at radius 1 is 1.29 bits per heavy atom. The molecule has 4 heterocycles. The molecule has 0 bridgehead atoms. The van der Waals surface area contributed by atoms with Crippen LogP contribution in [0.3, 0.4) is 0 Å². The average molecular weight is 694 g/mol. The number of rotatable bonds is 9. The second kappa shape index (κ2) is 14.3. The highest BCUT2D eigenvalue weighted by atomic mass is 35.5. The van der Waals surface area contributed by atoms with Crippen LogP contribution in [0.2, 0.25) is 5.02 Å². The molecule has 1 saturated heterocycles.